The van der Waals surface area contributed by atoms with Gasteiger partial charge in [0, 0.05) is 24.8 Å². The van der Waals surface area contributed by atoms with Crippen LogP contribution >= 0.6 is 0 Å². The maximum absolute atomic E-state index is 12.4. The first-order chi connectivity index (χ1) is 13.1. The van der Waals surface area contributed by atoms with Gasteiger partial charge in [0.15, 0.2) is 9.84 Å². The number of aryl methyl sites for hydroxylation is 1. The lowest BCUT2D eigenvalue weighted by molar-refractivity contribution is 0.278. The summed E-state index contributed by atoms with van der Waals surface area (Å²) in [6, 6.07) is 9.32. The maximum Gasteiger partial charge on any atom is 0.155 e. The summed E-state index contributed by atoms with van der Waals surface area (Å²) < 4.78 is 24.3. The van der Waals surface area contributed by atoms with E-state index in [1.54, 1.807) is 0 Å². The topological polar surface area (TPSA) is 63.4 Å². The molecule has 1 aromatic rings. The van der Waals surface area contributed by atoms with Crippen molar-refractivity contribution in [3.8, 4) is 0 Å². The van der Waals surface area contributed by atoms with E-state index < -0.39 is 14.6 Å². The molecule has 1 unspecified atom stereocenters. The molecule has 4 nitrogen and oxygen atoms in total. The van der Waals surface area contributed by atoms with Gasteiger partial charge in [0.05, 0.1) is 10.5 Å². The minimum absolute atomic E-state index is 0.313. The number of hydrogen-bond acceptors (Lipinski definition) is 4. The Morgan fingerprint density at radius 3 is 2.14 bits per heavy atom. The quantitative estimate of drug-likeness (QED) is 0.770. The van der Waals surface area contributed by atoms with Gasteiger partial charge in [0.25, 0.3) is 0 Å². The number of benzene rings is 1. The molecule has 0 spiro atoms. The summed E-state index contributed by atoms with van der Waals surface area (Å²) in [5.74, 6) is 1.46. The summed E-state index contributed by atoms with van der Waals surface area (Å²) >= 11 is 0. The molecule has 158 valence electrons. The van der Waals surface area contributed by atoms with Gasteiger partial charge >= 0.3 is 0 Å². The van der Waals surface area contributed by atoms with Crippen molar-refractivity contribution in [3.05, 3.63) is 29.8 Å². The summed E-state index contributed by atoms with van der Waals surface area (Å²) in [4.78, 5) is 2.38. The molecule has 1 saturated heterocycles. The summed E-state index contributed by atoms with van der Waals surface area (Å²) in [7, 11) is -3.00. The lowest BCUT2D eigenvalue weighted by atomic mass is 9.80. The lowest BCUT2D eigenvalue weighted by Crippen LogP contribution is -2.34. The van der Waals surface area contributed by atoms with Crippen LogP contribution in [0.5, 0.6) is 0 Å². The van der Waals surface area contributed by atoms with Gasteiger partial charge in [0.2, 0.25) is 0 Å². The Bertz CT molecular complexity index is 729. The van der Waals surface area contributed by atoms with E-state index in [4.69, 9.17) is 5.73 Å². The van der Waals surface area contributed by atoms with E-state index in [0.717, 1.165) is 44.7 Å². The standard InChI is InChI=1S/C23H38N2O2S/c1-23(2,3)28(26,27)17-20-8-6-18(7-9-20)4-5-19-10-12-22(13-11-19)25-15-14-21(24)16-25/h10-13,18,20-21H,4-9,14-17,24H2,1-3H3. The van der Waals surface area contributed by atoms with Crippen LogP contribution in [0, 0.1) is 11.8 Å². The predicted octanol–water partition coefficient (Wildman–Crippen LogP) is 4.18. The lowest BCUT2D eigenvalue weighted by Gasteiger charge is -2.30. The molecular formula is C23H38N2O2S. The molecule has 0 aromatic heterocycles. The minimum atomic E-state index is -3.00. The van der Waals surface area contributed by atoms with Crippen LogP contribution in [0.15, 0.2) is 24.3 Å². The highest BCUT2D eigenvalue weighted by Crippen LogP contribution is 2.34. The molecular weight excluding hydrogens is 368 g/mol. The van der Waals surface area contributed by atoms with E-state index in [0.29, 0.717) is 17.7 Å². The third-order valence-electron chi connectivity index (χ3n) is 6.72. The number of rotatable bonds is 6. The van der Waals surface area contributed by atoms with Gasteiger partial charge in [-0.15, -0.1) is 0 Å². The maximum atomic E-state index is 12.4. The Balaban J connectivity index is 1.42. The van der Waals surface area contributed by atoms with Gasteiger partial charge < -0.3 is 10.6 Å². The summed E-state index contributed by atoms with van der Waals surface area (Å²) in [5, 5.41) is 0. The fourth-order valence-corrected chi connectivity index (χ4v) is 5.97. The first kappa shape index (κ1) is 21.6. The molecule has 28 heavy (non-hydrogen) atoms. The number of nitrogens with two attached hydrogens (primary N) is 1. The molecule has 2 aliphatic rings. The monoisotopic (exact) mass is 406 g/mol. The van der Waals surface area contributed by atoms with Crippen LogP contribution in [0.4, 0.5) is 5.69 Å². The zero-order chi connectivity index (χ0) is 20.4. The van der Waals surface area contributed by atoms with Crippen LogP contribution in [0.1, 0.15) is 64.9 Å². The van der Waals surface area contributed by atoms with Crippen LogP contribution in [0.3, 0.4) is 0 Å². The van der Waals surface area contributed by atoms with E-state index in [1.807, 2.05) is 20.8 Å². The molecule has 1 aromatic carbocycles. The zero-order valence-corrected chi connectivity index (χ0v) is 18.7. The van der Waals surface area contributed by atoms with Crippen molar-refractivity contribution in [1.82, 2.24) is 0 Å². The number of anilines is 1. The first-order valence-electron chi connectivity index (χ1n) is 11.0. The Kier molecular flexibility index (Phi) is 6.76. The first-order valence-corrected chi connectivity index (χ1v) is 12.6. The number of hydrogen-bond donors (Lipinski definition) is 1. The second kappa shape index (κ2) is 8.74. The largest absolute Gasteiger partial charge is 0.370 e. The molecule has 2 N–H and O–H groups in total. The van der Waals surface area contributed by atoms with Crippen molar-refractivity contribution >= 4 is 15.5 Å². The van der Waals surface area contributed by atoms with Gasteiger partial charge in [0.1, 0.15) is 0 Å². The average Bonchev–Trinajstić information content (AvgIpc) is 3.07. The van der Waals surface area contributed by atoms with Crippen molar-refractivity contribution in [3.63, 3.8) is 0 Å². The minimum Gasteiger partial charge on any atom is -0.370 e. The third-order valence-corrected chi connectivity index (χ3v) is 9.50. The normalized spacial score (nSPS) is 26.6. The highest BCUT2D eigenvalue weighted by atomic mass is 32.2. The molecule has 0 bridgehead atoms. The summed E-state index contributed by atoms with van der Waals surface area (Å²) in [5.41, 5.74) is 8.71. The molecule has 1 atom stereocenters. The van der Waals surface area contributed by atoms with Crippen LogP contribution in [-0.4, -0.2) is 38.0 Å². The second-order valence-electron chi connectivity index (χ2n) is 9.98. The Hall–Kier alpha value is -1.07. The zero-order valence-electron chi connectivity index (χ0n) is 17.9. The van der Waals surface area contributed by atoms with Crippen molar-refractivity contribution in [2.75, 3.05) is 23.7 Å². The summed E-state index contributed by atoms with van der Waals surface area (Å²) in [6.45, 7) is 7.48. The fraction of sp³-hybridized carbons (Fsp3) is 0.739. The van der Waals surface area contributed by atoms with Crippen LogP contribution in [0.2, 0.25) is 0 Å². The Morgan fingerprint density at radius 2 is 1.61 bits per heavy atom. The molecule has 1 heterocycles. The fourth-order valence-electron chi connectivity index (χ4n) is 4.51. The van der Waals surface area contributed by atoms with Crippen LogP contribution < -0.4 is 10.6 Å². The molecule has 1 aliphatic carbocycles. The number of nitrogens with zero attached hydrogens (tertiary/aromatic N) is 1. The summed E-state index contributed by atoms with van der Waals surface area (Å²) in [6.07, 6.45) is 7.90. The highest BCUT2D eigenvalue weighted by molar-refractivity contribution is 7.92. The van der Waals surface area contributed by atoms with E-state index >= 15 is 0 Å². The van der Waals surface area contributed by atoms with Crippen molar-refractivity contribution in [1.29, 1.82) is 0 Å². The SMILES string of the molecule is CC(C)(C)S(=O)(=O)CC1CCC(CCc2ccc(N3CCC(N)C3)cc2)CC1. The molecule has 5 heteroatoms. The van der Waals surface area contributed by atoms with E-state index in [1.165, 1.54) is 30.5 Å². The van der Waals surface area contributed by atoms with E-state index in [9.17, 15) is 8.42 Å². The smallest absolute Gasteiger partial charge is 0.155 e. The Labute approximate surface area is 171 Å². The van der Waals surface area contributed by atoms with Gasteiger partial charge in [-0.05, 0) is 82.4 Å². The van der Waals surface area contributed by atoms with Gasteiger partial charge in [-0.25, -0.2) is 8.42 Å². The molecule has 3 rings (SSSR count). The molecule has 1 aliphatic heterocycles. The molecule has 2 fully saturated rings. The molecule has 1 saturated carbocycles. The Morgan fingerprint density at radius 1 is 1.00 bits per heavy atom. The van der Waals surface area contributed by atoms with Crippen LogP contribution in [-0.2, 0) is 16.3 Å². The molecule has 0 amide bonds. The van der Waals surface area contributed by atoms with Crippen molar-refractivity contribution < 1.29 is 8.42 Å². The molecule has 0 radical (unpaired) electrons. The highest BCUT2D eigenvalue weighted by Gasteiger charge is 2.33. The van der Waals surface area contributed by atoms with Crippen LogP contribution in [0.25, 0.3) is 0 Å². The second-order valence-corrected chi connectivity index (χ2v) is 12.8. The van der Waals surface area contributed by atoms with Crippen molar-refractivity contribution in [2.45, 2.75) is 76.5 Å². The van der Waals surface area contributed by atoms with E-state index in [-0.39, 0.29) is 0 Å². The predicted molar refractivity (Wildman–Crippen MR) is 119 cm³/mol. The van der Waals surface area contributed by atoms with E-state index in [2.05, 4.69) is 29.2 Å². The third kappa shape index (κ3) is 5.50. The van der Waals surface area contributed by atoms with Gasteiger partial charge in [-0.1, -0.05) is 25.0 Å². The van der Waals surface area contributed by atoms with Crippen molar-refractivity contribution in [2.24, 2.45) is 17.6 Å². The average molecular weight is 407 g/mol. The number of sulfone groups is 1. The van der Waals surface area contributed by atoms with Gasteiger partial charge in [-0.3, -0.25) is 0 Å². The van der Waals surface area contributed by atoms with Gasteiger partial charge in [-0.2, -0.15) is 0 Å².